The van der Waals surface area contributed by atoms with Crippen LogP contribution in [0.25, 0.3) is 0 Å². The lowest BCUT2D eigenvalue weighted by Gasteiger charge is -2.63. The van der Waals surface area contributed by atoms with Crippen LogP contribution in [0, 0.1) is 17.2 Å². The number of guanidine groups is 1. The zero-order valence-corrected chi connectivity index (χ0v) is 15.4. The van der Waals surface area contributed by atoms with Crippen LogP contribution in [0.3, 0.4) is 0 Å². The fourth-order valence-corrected chi connectivity index (χ4v) is 5.59. The standard InChI is InChI=1S/C21H28FN3O/c1-23-19(24-13-20(9-10-20)14-4-2-5-15(22)12-14)25-17-16-6-11-26-18(16)21(17)7-3-8-21/h2,4-5,12,16-18H,3,6-11,13H2,1H3,(H2,23,24,25). The Kier molecular flexibility index (Phi) is 3.78. The first kappa shape index (κ1) is 16.5. The Balaban J connectivity index is 1.24. The minimum atomic E-state index is -0.148. The molecule has 4 aliphatic rings. The number of nitrogens with one attached hydrogen (secondary N) is 2. The Morgan fingerprint density at radius 2 is 2.15 bits per heavy atom. The number of fused-ring (bicyclic) bond motifs is 2. The zero-order chi connectivity index (χ0) is 17.8. The molecule has 1 aromatic rings. The van der Waals surface area contributed by atoms with Gasteiger partial charge in [0.05, 0.1) is 6.10 Å². The van der Waals surface area contributed by atoms with Crippen LogP contribution in [0.1, 0.15) is 44.1 Å². The first-order valence-corrected chi connectivity index (χ1v) is 10.0. The summed E-state index contributed by atoms with van der Waals surface area (Å²) in [6.45, 7) is 1.71. The first-order valence-electron chi connectivity index (χ1n) is 10.0. The molecule has 2 N–H and O–H groups in total. The molecule has 0 radical (unpaired) electrons. The zero-order valence-electron chi connectivity index (χ0n) is 15.4. The average Bonchev–Trinajstić information content (AvgIpc) is 3.28. The van der Waals surface area contributed by atoms with E-state index < -0.39 is 0 Å². The SMILES string of the molecule is CN=C(NCC1(c2cccc(F)c2)CC1)NC1C2CCOC2C12CCC2. The maximum absolute atomic E-state index is 13.6. The number of nitrogens with zero attached hydrogens (tertiary/aromatic N) is 1. The second-order valence-electron chi connectivity index (χ2n) is 8.67. The largest absolute Gasteiger partial charge is 0.377 e. The van der Waals surface area contributed by atoms with Gasteiger partial charge in [0.1, 0.15) is 5.82 Å². The highest BCUT2D eigenvalue weighted by Crippen LogP contribution is 2.62. The third-order valence-corrected chi connectivity index (χ3v) is 7.44. The lowest BCUT2D eigenvalue weighted by molar-refractivity contribution is -0.171. The van der Waals surface area contributed by atoms with E-state index >= 15 is 0 Å². The molecule has 4 fully saturated rings. The van der Waals surface area contributed by atoms with Crippen molar-refractivity contribution in [2.45, 2.75) is 56.1 Å². The third kappa shape index (κ3) is 2.39. The van der Waals surface area contributed by atoms with E-state index in [0.717, 1.165) is 43.9 Å². The van der Waals surface area contributed by atoms with Crippen molar-refractivity contribution >= 4 is 5.96 Å². The normalized spacial score (nSPS) is 33.2. The number of halogens is 1. The fraction of sp³-hybridized carbons (Fsp3) is 0.667. The van der Waals surface area contributed by atoms with Gasteiger partial charge in [-0.25, -0.2) is 4.39 Å². The average molecular weight is 357 g/mol. The van der Waals surface area contributed by atoms with Crippen molar-refractivity contribution < 1.29 is 9.13 Å². The van der Waals surface area contributed by atoms with E-state index in [4.69, 9.17) is 4.74 Å². The third-order valence-electron chi connectivity index (χ3n) is 7.44. The van der Waals surface area contributed by atoms with Crippen LogP contribution in [0.15, 0.2) is 29.3 Å². The van der Waals surface area contributed by atoms with Gasteiger partial charge < -0.3 is 15.4 Å². The second kappa shape index (κ2) is 5.95. The summed E-state index contributed by atoms with van der Waals surface area (Å²) in [5, 5.41) is 7.25. The molecule has 0 amide bonds. The van der Waals surface area contributed by atoms with Crippen LogP contribution >= 0.6 is 0 Å². The Labute approximate surface area is 154 Å². The molecule has 1 saturated heterocycles. The summed E-state index contributed by atoms with van der Waals surface area (Å²) in [6, 6.07) is 7.54. The van der Waals surface area contributed by atoms with Crippen molar-refractivity contribution in [1.29, 1.82) is 0 Å². The maximum Gasteiger partial charge on any atom is 0.191 e. The Morgan fingerprint density at radius 3 is 2.81 bits per heavy atom. The van der Waals surface area contributed by atoms with E-state index in [0.29, 0.717) is 23.5 Å². The topological polar surface area (TPSA) is 45.7 Å². The Hall–Kier alpha value is -1.62. The molecule has 26 heavy (non-hydrogen) atoms. The summed E-state index contributed by atoms with van der Waals surface area (Å²) in [6.07, 6.45) is 7.70. The lowest BCUT2D eigenvalue weighted by Crippen LogP contribution is -2.72. The number of benzene rings is 1. The van der Waals surface area contributed by atoms with Crippen LogP contribution in [-0.4, -0.2) is 38.3 Å². The molecule has 5 heteroatoms. The van der Waals surface area contributed by atoms with Gasteiger partial charge in [0.25, 0.3) is 0 Å². The summed E-state index contributed by atoms with van der Waals surface area (Å²) in [5.74, 6) is 1.37. The van der Waals surface area contributed by atoms with E-state index in [1.807, 2.05) is 19.2 Å². The highest BCUT2D eigenvalue weighted by atomic mass is 19.1. The van der Waals surface area contributed by atoms with Crippen LogP contribution in [0.5, 0.6) is 0 Å². The van der Waals surface area contributed by atoms with Gasteiger partial charge in [-0.15, -0.1) is 0 Å². The minimum absolute atomic E-state index is 0.0620. The molecule has 1 aromatic carbocycles. The molecule has 3 atom stereocenters. The van der Waals surface area contributed by atoms with Gasteiger partial charge in [-0.2, -0.15) is 0 Å². The van der Waals surface area contributed by atoms with Gasteiger partial charge in [0.2, 0.25) is 0 Å². The number of ether oxygens (including phenoxy) is 1. The molecular weight excluding hydrogens is 329 g/mol. The monoisotopic (exact) mass is 357 g/mol. The van der Waals surface area contributed by atoms with Gasteiger partial charge in [0.15, 0.2) is 5.96 Å². The molecular formula is C21H28FN3O. The molecule has 3 unspecified atom stereocenters. The maximum atomic E-state index is 13.6. The molecule has 1 aliphatic heterocycles. The van der Waals surface area contributed by atoms with Crippen molar-refractivity contribution in [3.05, 3.63) is 35.6 Å². The first-order chi connectivity index (χ1) is 12.7. The van der Waals surface area contributed by atoms with Gasteiger partial charge >= 0.3 is 0 Å². The minimum Gasteiger partial charge on any atom is -0.377 e. The predicted octanol–water partition coefficient (Wildman–Crippen LogP) is 2.98. The molecule has 0 aromatic heterocycles. The van der Waals surface area contributed by atoms with Crippen LogP contribution in [0.4, 0.5) is 4.39 Å². The van der Waals surface area contributed by atoms with Crippen molar-refractivity contribution in [3.8, 4) is 0 Å². The van der Waals surface area contributed by atoms with E-state index in [1.165, 1.54) is 25.3 Å². The summed E-state index contributed by atoms with van der Waals surface area (Å²) in [4.78, 5) is 4.47. The quantitative estimate of drug-likeness (QED) is 0.643. The highest BCUT2D eigenvalue weighted by Gasteiger charge is 2.66. The molecule has 3 aliphatic carbocycles. The van der Waals surface area contributed by atoms with Crippen LogP contribution in [-0.2, 0) is 10.2 Å². The number of rotatable bonds is 4. The van der Waals surface area contributed by atoms with Gasteiger partial charge in [-0.3, -0.25) is 4.99 Å². The van der Waals surface area contributed by atoms with Crippen LogP contribution < -0.4 is 10.6 Å². The molecule has 3 saturated carbocycles. The lowest BCUT2D eigenvalue weighted by atomic mass is 9.46. The van der Waals surface area contributed by atoms with Crippen LogP contribution in [0.2, 0.25) is 0 Å². The smallest absolute Gasteiger partial charge is 0.191 e. The van der Waals surface area contributed by atoms with E-state index in [1.54, 1.807) is 6.07 Å². The summed E-state index contributed by atoms with van der Waals surface area (Å²) in [5.41, 5.74) is 1.51. The van der Waals surface area contributed by atoms with Crippen molar-refractivity contribution in [2.75, 3.05) is 20.2 Å². The molecule has 140 valence electrons. The number of hydrogen-bond acceptors (Lipinski definition) is 2. The number of hydrogen-bond donors (Lipinski definition) is 2. The van der Waals surface area contributed by atoms with Crippen molar-refractivity contribution in [1.82, 2.24) is 10.6 Å². The number of aliphatic imine (C=N–C) groups is 1. The Morgan fingerprint density at radius 1 is 1.31 bits per heavy atom. The van der Waals surface area contributed by atoms with E-state index in [9.17, 15) is 4.39 Å². The van der Waals surface area contributed by atoms with Crippen molar-refractivity contribution in [2.24, 2.45) is 16.3 Å². The van der Waals surface area contributed by atoms with Gasteiger partial charge in [0, 0.05) is 43.0 Å². The molecule has 5 rings (SSSR count). The summed E-state index contributed by atoms with van der Waals surface area (Å²) in [7, 11) is 1.84. The summed E-state index contributed by atoms with van der Waals surface area (Å²) < 4.78 is 19.6. The molecule has 4 nitrogen and oxygen atoms in total. The van der Waals surface area contributed by atoms with Crippen molar-refractivity contribution in [3.63, 3.8) is 0 Å². The van der Waals surface area contributed by atoms with E-state index in [-0.39, 0.29) is 11.2 Å². The molecule has 1 spiro atoms. The Bertz CT molecular complexity index is 726. The van der Waals surface area contributed by atoms with Gasteiger partial charge in [-0.1, -0.05) is 18.6 Å². The second-order valence-corrected chi connectivity index (χ2v) is 8.67. The molecule has 1 heterocycles. The molecule has 0 bridgehead atoms. The highest BCUT2D eigenvalue weighted by molar-refractivity contribution is 5.80. The summed E-state index contributed by atoms with van der Waals surface area (Å²) >= 11 is 0. The predicted molar refractivity (Wildman–Crippen MR) is 99.7 cm³/mol. The fourth-order valence-electron chi connectivity index (χ4n) is 5.59. The van der Waals surface area contributed by atoms with E-state index in [2.05, 4.69) is 15.6 Å². The van der Waals surface area contributed by atoms with Gasteiger partial charge in [-0.05, 0) is 49.8 Å².